The second kappa shape index (κ2) is 8.07. The maximum absolute atomic E-state index is 12.7. The Labute approximate surface area is 154 Å². The highest BCUT2D eigenvalue weighted by Gasteiger charge is 2.30. The van der Waals surface area contributed by atoms with Gasteiger partial charge in [0.15, 0.2) is 0 Å². The van der Waals surface area contributed by atoms with E-state index in [0.29, 0.717) is 16.0 Å². The van der Waals surface area contributed by atoms with Crippen LogP contribution in [-0.2, 0) is 11.3 Å². The van der Waals surface area contributed by atoms with Crippen LogP contribution < -0.4 is 0 Å². The van der Waals surface area contributed by atoms with Crippen molar-refractivity contribution in [2.75, 3.05) is 26.2 Å². The van der Waals surface area contributed by atoms with Crippen molar-refractivity contribution in [1.29, 1.82) is 0 Å². The van der Waals surface area contributed by atoms with Crippen molar-refractivity contribution in [2.24, 2.45) is 11.8 Å². The van der Waals surface area contributed by atoms with E-state index in [2.05, 4.69) is 16.7 Å². The molecule has 0 aromatic heterocycles. The maximum Gasteiger partial charge on any atom is 0.225 e. The standard InChI is InChI=1S/C19H26Cl2N2O/c1-14-4-10-23(11-5-14)19(24)16-6-8-22(9-7-16)13-15-2-3-17(20)18(21)12-15/h2-3,12,14,16H,4-11,13H2,1H3. The molecule has 3 rings (SSSR count). The Bertz CT molecular complexity index is 577. The van der Waals surface area contributed by atoms with Crippen molar-refractivity contribution >= 4 is 29.1 Å². The molecule has 0 aliphatic carbocycles. The number of rotatable bonds is 3. The van der Waals surface area contributed by atoms with E-state index in [9.17, 15) is 4.79 Å². The minimum absolute atomic E-state index is 0.212. The van der Waals surface area contributed by atoms with Crippen molar-refractivity contribution in [3.63, 3.8) is 0 Å². The van der Waals surface area contributed by atoms with Crippen molar-refractivity contribution in [1.82, 2.24) is 9.80 Å². The van der Waals surface area contributed by atoms with Gasteiger partial charge in [0, 0.05) is 25.6 Å². The van der Waals surface area contributed by atoms with Gasteiger partial charge in [0.1, 0.15) is 0 Å². The maximum atomic E-state index is 12.7. The molecule has 2 aliphatic rings. The predicted octanol–water partition coefficient (Wildman–Crippen LogP) is 4.46. The number of carbonyl (C=O) groups excluding carboxylic acids is 1. The summed E-state index contributed by atoms with van der Waals surface area (Å²) in [6, 6.07) is 5.82. The number of carbonyl (C=O) groups is 1. The quantitative estimate of drug-likeness (QED) is 0.785. The van der Waals surface area contributed by atoms with Crippen LogP contribution in [-0.4, -0.2) is 41.9 Å². The van der Waals surface area contributed by atoms with Gasteiger partial charge < -0.3 is 4.90 Å². The van der Waals surface area contributed by atoms with Crippen LogP contribution in [0, 0.1) is 11.8 Å². The van der Waals surface area contributed by atoms with Gasteiger partial charge in [-0.1, -0.05) is 36.2 Å². The summed E-state index contributed by atoms with van der Waals surface area (Å²) < 4.78 is 0. The largest absolute Gasteiger partial charge is 0.342 e. The average molecular weight is 369 g/mol. The number of halogens is 2. The molecule has 0 N–H and O–H groups in total. The van der Waals surface area contributed by atoms with Crippen molar-refractivity contribution in [3.05, 3.63) is 33.8 Å². The van der Waals surface area contributed by atoms with Crippen LogP contribution in [0.15, 0.2) is 18.2 Å². The Balaban J connectivity index is 1.48. The second-order valence-corrected chi connectivity index (χ2v) is 8.12. The lowest BCUT2D eigenvalue weighted by atomic mass is 9.92. The van der Waals surface area contributed by atoms with E-state index in [1.54, 1.807) is 0 Å². The molecule has 2 heterocycles. The highest BCUT2D eigenvalue weighted by atomic mass is 35.5. The number of nitrogens with zero attached hydrogens (tertiary/aromatic N) is 2. The average Bonchev–Trinajstić information content (AvgIpc) is 2.59. The van der Waals surface area contributed by atoms with Crippen LogP contribution in [0.3, 0.4) is 0 Å². The highest BCUT2D eigenvalue weighted by molar-refractivity contribution is 6.42. The van der Waals surface area contributed by atoms with E-state index < -0.39 is 0 Å². The number of likely N-dealkylation sites (tertiary alicyclic amines) is 2. The molecule has 0 atom stereocenters. The summed E-state index contributed by atoms with van der Waals surface area (Å²) in [6.07, 6.45) is 4.24. The van der Waals surface area contributed by atoms with Crippen LogP contribution in [0.1, 0.15) is 38.2 Å². The van der Waals surface area contributed by atoms with E-state index in [0.717, 1.165) is 64.3 Å². The summed E-state index contributed by atoms with van der Waals surface area (Å²) in [5, 5.41) is 1.21. The van der Waals surface area contributed by atoms with Crippen LogP contribution in [0.4, 0.5) is 0 Å². The van der Waals surface area contributed by atoms with Crippen molar-refractivity contribution < 1.29 is 4.79 Å². The van der Waals surface area contributed by atoms with E-state index >= 15 is 0 Å². The van der Waals surface area contributed by atoms with Crippen LogP contribution >= 0.6 is 23.2 Å². The van der Waals surface area contributed by atoms with Gasteiger partial charge in [-0.15, -0.1) is 0 Å². The normalized spacial score (nSPS) is 21.2. The number of benzene rings is 1. The fraction of sp³-hybridized carbons (Fsp3) is 0.632. The molecule has 0 saturated carbocycles. The highest BCUT2D eigenvalue weighted by Crippen LogP contribution is 2.26. The van der Waals surface area contributed by atoms with E-state index in [-0.39, 0.29) is 5.92 Å². The molecule has 0 spiro atoms. The monoisotopic (exact) mass is 368 g/mol. The van der Waals surface area contributed by atoms with Gasteiger partial charge in [-0.25, -0.2) is 0 Å². The lowest BCUT2D eigenvalue weighted by Gasteiger charge is -2.36. The molecule has 24 heavy (non-hydrogen) atoms. The van der Waals surface area contributed by atoms with Gasteiger partial charge >= 0.3 is 0 Å². The SMILES string of the molecule is CC1CCN(C(=O)C2CCN(Cc3ccc(Cl)c(Cl)c3)CC2)CC1. The third-order valence-corrected chi connectivity index (χ3v) is 6.16. The molecule has 3 nitrogen and oxygen atoms in total. The first-order chi connectivity index (χ1) is 11.5. The first-order valence-corrected chi connectivity index (χ1v) is 9.73. The molecule has 2 fully saturated rings. The molecular formula is C19H26Cl2N2O. The van der Waals surface area contributed by atoms with Crippen LogP contribution in [0.5, 0.6) is 0 Å². The number of piperidine rings is 2. The number of hydrogen-bond acceptors (Lipinski definition) is 2. The third kappa shape index (κ3) is 4.44. The summed E-state index contributed by atoms with van der Waals surface area (Å²) in [5.41, 5.74) is 1.18. The molecule has 132 valence electrons. The van der Waals surface area contributed by atoms with E-state index in [1.807, 2.05) is 18.2 Å². The minimum Gasteiger partial charge on any atom is -0.342 e. The number of amides is 1. The Morgan fingerprint density at radius 1 is 1.04 bits per heavy atom. The Morgan fingerprint density at radius 3 is 2.33 bits per heavy atom. The molecule has 0 bridgehead atoms. The van der Waals surface area contributed by atoms with Gasteiger partial charge in [-0.2, -0.15) is 0 Å². The summed E-state index contributed by atoms with van der Waals surface area (Å²) in [7, 11) is 0. The van der Waals surface area contributed by atoms with Gasteiger partial charge in [-0.05, 0) is 62.4 Å². The summed E-state index contributed by atoms with van der Waals surface area (Å²) >= 11 is 12.1. The summed E-state index contributed by atoms with van der Waals surface area (Å²) in [5.74, 6) is 1.36. The molecule has 5 heteroatoms. The zero-order valence-electron chi connectivity index (χ0n) is 14.3. The fourth-order valence-electron chi connectivity index (χ4n) is 3.72. The lowest BCUT2D eigenvalue weighted by Crippen LogP contribution is -2.45. The lowest BCUT2D eigenvalue weighted by molar-refractivity contribution is -0.138. The number of hydrogen-bond donors (Lipinski definition) is 0. The topological polar surface area (TPSA) is 23.6 Å². The molecule has 1 amide bonds. The van der Waals surface area contributed by atoms with Crippen LogP contribution in [0.2, 0.25) is 10.0 Å². The van der Waals surface area contributed by atoms with Crippen molar-refractivity contribution in [2.45, 2.75) is 39.2 Å². The Morgan fingerprint density at radius 2 is 1.71 bits per heavy atom. The molecule has 2 saturated heterocycles. The molecule has 1 aromatic carbocycles. The smallest absolute Gasteiger partial charge is 0.225 e. The zero-order chi connectivity index (χ0) is 17.1. The molecule has 2 aliphatic heterocycles. The fourth-order valence-corrected chi connectivity index (χ4v) is 4.04. The summed E-state index contributed by atoms with van der Waals surface area (Å²) in [4.78, 5) is 17.2. The predicted molar refractivity (Wildman–Crippen MR) is 99.4 cm³/mol. The van der Waals surface area contributed by atoms with Gasteiger partial charge in [0.05, 0.1) is 10.0 Å². The van der Waals surface area contributed by atoms with Gasteiger partial charge in [-0.3, -0.25) is 9.69 Å². The molecular weight excluding hydrogens is 343 g/mol. The summed E-state index contributed by atoms with van der Waals surface area (Å²) in [6.45, 7) is 7.00. The third-order valence-electron chi connectivity index (χ3n) is 5.42. The van der Waals surface area contributed by atoms with Crippen molar-refractivity contribution in [3.8, 4) is 0 Å². The first-order valence-electron chi connectivity index (χ1n) is 8.98. The van der Waals surface area contributed by atoms with Gasteiger partial charge in [0.2, 0.25) is 5.91 Å². The van der Waals surface area contributed by atoms with Crippen LogP contribution in [0.25, 0.3) is 0 Å². The molecule has 0 radical (unpaired) electrons. The Hall–Kier alpha value is -0.770. The molecule has 1 aromatic rings. The minimum atomic E-state index is 0.212. The van der Waals surface area contributed by atoms with E-state index in [4.69, 9.17) is 23.2 Å². The van der Waals surface area contributed by atoms with Gasteiger partial charge in [0.25, 0.3) is 0 Å². The first kappa shape index (κ1) is 18.0. The zero-order valence-corrected chi connectivity index (χ0v) is 15.8. The second-order valence-electron chi connectivity index (χ2n) is 7.31. The molecule has 0 unspecified atom stereocenters. The Kier molecular flexibility index (Phi) is 6.07. The van der Waals surface area contributed by atoms with E-state index in [1.165, 1.54) is 5.56 Å².